The zero-order chi connectivity index (χ0) is 27.8. The molecule has 0 radical (unpaired) electrons. The van der Waals surface area contributed by atoms with Gasteiger partial charge in [0.15, 0.2) is 18.4 Å². The molecule has 38 heavy (non-hydrogen) atoms. The first-order chi connectivity index (χ1) is 18.2. The van der Waals surface area contributed by atoms with Crippen molar-refractivity contribution < 1.29 is 44.0 Å². The molecule has 0 saturated carbocycles. The lowest BCUT2D eigenvalue weighted by Gasteiger charge is -2.43. The summed E-state index contributed by atoms with van der Waals surface area (Å²) < 4.78 is 16.2. The monoisotopic (exact) mass is 532 g/mol. The molecule has 1 unspecified atom stereocenters. The smallest absolute Gasteiger partial charge is 0.332 e. The van der Waals surface area contributed by atoms with Crippen LogP contribution in [0.15, 0.2) is 54.6 Å². The largest absolute Gasteiger partial charge is 0.497 e. The maximum absolute atomic E-state index is 13.7. The second-order valence-electron chi connectivity index (χ2n) is 9.34. The molecule has 1 heterocycles. The van der Waals surface area contributed by atoms with Crippen LogP contribution in [-0.2, 0) is 30.5 Å². The van der Waals surface area contributed by atoms with Crippen LogP contribution in [0.5, 0.6) is 5.75 Å². The van der Waals surface area contributed by atoms with E-state index in [0.29, 0.717) is 11.4 Å². The van der Waals surface area contributed by atoms with Gasteiger partial charge in [-0.1, -0.05) is 44.2 Å². The maximum atomic E-state index is 13.7. The number of nitrogens with one attached hydrogen (secondary N) is 1. The van der Waals surface area contributed by atoms with E-state index < -0.39 is 55.2 Å². The van der Waals surface area contributed by atoms with E-state index in [9.17, 15) is 24.9 Å². The van der Waals surface area contributed by atoms with Crippen molar-refractivity contribution in [3.63, 3.8) is 0 Å². The Bertz CT molecular complexity index is 1030. The third kappa shape index (κ3) is 7.21. The van der Waals surface area contributed by atoms with E-state index in [-0.39, 0.29) is 12.5 Å². The number of hydrogen-bond donors (Lipinski definition) is 4. The molecule has 3 rings (SSSR count). The highest BCUT2D eigenvalue weighted by Crippen LogP contribution is 2.28. The number of benzene rings is 2. The topological polar surface area (TPSA) is 147 Å². The summed E-state index contributed by atoms with van der Waals surface area (Å²) in [6, 6.07) is 14.1. The maximum Gasteiger partial charge on any atom is 0.332 e. The molecule has 11 heteroatoms. The molecular formula is C27H36N2O9. The van der Waals surface area contributed by atoms with Gasteiger partial charge in [-0.25, -0.2) is 9.86 Å². The Morgan fingerprint density at radius 2 is 1.74 bits per heavy atom. The Balaban J connectivity index is 1.93. The summed E-state index contributed by atoms with van der Waals surface area (Å²) in [5.74, 6) is -1.02. The van der Waals surface area contributed by atoms with Gasteiger partial charge in [0.2, 0.25) is 5.91 Å². The van der Waals surface area contributed by atoms with Gasteiger partial charge in [-0.2, -0.15) is 0 Å². The number of rotatable bonds is 11. The van der Waals surface area contributed by atoms with Crippen molar-refractivity contribution in [2.75, 3.05) is 18.8 Å². The number of carbonyl (C=O) groups excluding carboxylic acids is 2. The minimum Gasteiger partial charge on any atom is -0.497 e. The molecule has 1 fully saturated rings. The molecule has 1 saturated heterocycles. The summed E-state index contributed by atoms with van der Waals surface area (Å²) in [4.78, 5) is 31.6. The fourth-order valence-corrected chi connectivity index (χ4v) is 4.22. The highest BCUT2D eigenvalue weighted by atomic mass is 16.7. The van der Waals surface area contributed by atoms with Crippen LogP contribution < -0.4 is 15.1 Å². The van der Waals surface area contributed by atoms with Crippen LogP contribution in [0.1, 0.15) is 26.3 Å². The quantitative estimate of drug-likeness (QED) is 0.245. The molecule has 2 aromatic rings. The SMILES string of the molecule is COc1ccc(N(OCc2ccccc2)[C@H](C(=O)O[C@H]2[C@H](O)[C@@H](CO)OC(O)[C@@H]2NC(C)=O)C(C)C)cc1. The molecular weight excluding hydrogens is 496 g/mol. The first kappa shape index (κ1) is 29.3. The van der Waals surface area contributed by atoms with Crippen molar-refractivity contribution in [2.24, 2.45) is 5.92 Å². The molecule has 0 aromatic heterocycles. The number of ether oxygens (including phenoxy) is 3. The van der Waals surface area contributed by atoms with Crippen molar-refractivity contribution in [2.45, 2.75) is 64.1 Å². The fourth-order valence-electron chi connectivity index (χ4n) is 4.22. The van der Waals surface area contributed by atoms with Gasteiger partial charge >= 0.3 is 5.97 Å². The lowest BCUT2D eigenvalue weighted by Crippen LogP contribution is -2.65. The molecule has 0 aliphatic carbocycles. The van der Waals surface area contributed by atoms with Gasteiger partial charge < -0.3 is 34.8 Å². The number of hydroxylamine groups is 1. The fraction of sp³-hybridized carbons (Fsp3) is 0.481. The van der Waals surface area contributed by atoms with Gasteiger partial charge in [0.1, 0.15) is 24.0 Å². The first-order valence-corrected chi connectivity index (χ1v) is 12.4. The Kier molecular flexibility index (Phi) is 10.5. The van der Waals surface area contributed by atoms with E-state index in [0.717, 1.165) is 5.56 Å². The Hall–Kier alpha value is -3.22. The zero-order valence-corrected chi connectivity index (χ0v) is 21.9. The van der Waals surface area contributed by atoms with Gasteiger partial charge in [0, 0.05) is 6.92 Å². The molecule has 2 aromatic carbocycles. The average Bonchev–Trinajstić information content (AvgIpc) is 2.90. The highest BCUT2D eigenvalue weighted by Gasteiger charge is 2.48. The summed E-state index contributed by atoms with van der Waals surface area (Å²) in [6.07, 6.45) is -5.77. The predicted molar refractivity (Wildman–Crippen MR) is 137 cm³/mol. The number of anilines is 1. The summed E-state index contributed by atoms with van der Waals surface area (Å²) in [7, 11) is 1.55. The summed E-state index contributed by atoms with van der Waals surface area (Å²) in [5, 5.41) is 34.7. The van der Waals surface area contributed by atoms with Crippen molar-refractivity contribution >= 4 is 17.6 Å². The number of esters is 1. The Morgan fingerprint density at radius 1 is 1.08 bits per heavy atom. The van der Waals surface area contributed by atoms with Crippen LogP contribution in [0.4, 0.5) is 5.69 Å². The second kappa shape index (κ2) is 13.5. The molecule has 1 aliphatic rings. The van der Waals surface area contributed by atoms with Gasteiger partial charge in [-0.15, -0.1) is 0 Å². The molecule has 1 aliphatic heterocycles. The van der Waals surface area contributed by atoms with E-state index in [1.54, 1.807) is 31.4 Å². The number of nitrogens with zero attached hydrogens (tertiary/aromatic N) is 1. The lowest BCUT2D eigenvalue weighted by atomic mass is 9.96. The second-order valence-corrected chi connectivity index (χ2v) is 9.34. The molecule has 208 valence electrons. The highest BCUT2D eigenvalue weighted by molar-refractivity contribution is 5.80. The first-order valence-electron chi connectivity index (χ1n) is 12.4. The molecule has 11 nitrogen and oxygen atoms in total. The standard InChI is InChI=1S/C27H36N2O9/c1-16(2)23(27(34)38-25-22(28-17(3)31)26(33)37-21(14-30)24(25)32)29(19-10-12-20(35-4)13-11-19)36-15-18-8-6-5-7-9-18/h5-13,16,21-26,30,32-33H,14-15H2,1-4H3,(H,28,31)/t21-,22-,23+,24-,25-,26?/m1/s1. The van der Waals surface area contributed by atoms with Crippen LogP contribution in [0.25, 0.3) is 0 Å². The van der Waals surface area contributed by atoms with Crippen LogP contribution in [0.3, 0.4) is 0 Å². The van der Waals surface area contributed by atoms with Crippen LogP contribution in [-0.4, -0.2) is 77.6 Å². The zero-order valence-electron chi connectivity index (χ0n) is 21.9. The summed E-state index contributed by atoms with van der Waals surface area (Å²) >= 11 is 0. The van der Waals surface area contributed by atoms with E-state index in [1.807, 2.05) is 44.2 Å². The number of aliphatic hydroxyl groups excluding tert-OH is 3. The summed E-state index contributed by atoms with van der Waals surface area (Å²) in [6.45, 7) is 4.36. The van der Waals surface area contributed by atoms with Gasteiger partial charge in [0.05, 0.1) is 26.0 Å². The predicted octanol–water partition coefficient (Wildman–Crippen LogP) is 1.14. The van der Waals surface area contributed by atoms with Crippen LogP contribution >= 0.6 is 0 Å². The molecule has 0 bridgehead atoms. The number of methoxy groups -OCH3 is 1. The molecule has 4 N–H and O–H groups in total. The number of amides is 1. The third-order valence-electron chi connectivity index (χ3n) is 6.16. The number of carbonyl (C=O) groups is 2. The van der Waals surface area contributed by atoms with Crippen molar-refractivity contribution in [3.8, 4) is 5.75 Å². The normalized spacial score (nSPS) is 23.9. The lowest BCUT2D eigenvalue weighted by molar-refractivity contribution is -0.259. The van der Waals surface area contributed by atoms with Crippen molar-refractivity contribution in [3.05, 3.63) is 60.2 Å². The minimum absolute atomic E-state index is 0.156. The van der Waals surface area contributed by atoms with Gasteiger partial charge in [-0.05, 0) is 35.7 Å². The van der Waals surface area contributed by atoms with E-state index >= 15 is 0 Å². The van der Waals surface area contributed by atoms with E-state index in [1.165, 1.54) is 12.0 Å². The van der Waals surface area contributed by atoms with Crippen LogP contribution in [0.2, 0.25) is 0 Å². The Morgan fingerprint density at radius 3 is 2.29 bits per heavy atom. The van der Waals surface area contributed by atoms with Crippen molar-refractivity contribution in [1.82, 2.24) is 5.32 Å². The molecule has 0 spiro atoms. The summed E-state index contributed by atoms with van der Waals surface area (Å²) in [5.41, 5.74) is 1.43. The van der Waals surface area contributed by atoms with Crippen molar-refractivity contribution in [1.29, 1.82) is 0 Å². The van der Waals surface area contributed by atoms with E-state index in [2.05, 4.69) is 5.32 Å². The van der Waals surface area contributed by atoms with Gasteiger partial charge in [0.25, 0.3) is 0 Å². The molecule has 6 atom stereocenters. The van der Waals surface area contributed by atoms with Crippen LogP contribution in [0, 0.1) is 5.92 Å². The van der Waals surface area contributed by atoms with E-state index in [4.69, 9.17) is 19.0 Å². The Labute approximate surface area is 221 Å². The average molecular weight is 533 g/mol. The molecule has 1 amide bonds. The van der Waals surface area contributed by atoms with Gasteiger partial charge in [-0.3, -0.25) is 9.63 Å². The minimum atomic E-state index is -1.62. The third-order valence-corrected chi connectivity index (χ3v) is 6.16. The number of aliphatic hydroxyl groups is 3. The number of hydrogen-bond acceptors (Lipinski definition) is 10.